The maximum Gasteiger partial charge on any atom is 0.229 e. The number of hydrogen-bond acceptors (Lipinski definition) is 5. The zero-order valence-electron chi connectivity index (χ0n) is 24.1. The summed E-state index contributed by atoms with van der Waals surface area (Å²) in [7, 11) is -1.97. The van der Waals surface area contributed by atoms with Crippen molar-refractivity contribution in [3.05, 3.63) is 101 Å². The van der Waals surface area contributed by atoms with Gasteiger partial charge in [-0.05, 0) is 86.4 Å². The maximum absolute atomic E-state index is 11.9. The van der Waals surface area contributed by atoms with Gasteiger partial charge in [-0.3, -0.25) is 9.71 Å². The van der Waals surface area contributed by atoms with Crippen LogP contribution in [-0.4, -0.2) is 36.4 Å². The van der Waals surface area contributed by atoms with E-state index in [0.29, 0.717) is 16.5 Å². The molecule has 0 saturated carbocycles. The molecule has 1 aliphatic heterocycles. The predicted octanol–water partition coefficient (Wildman–Crippen LogP) is 5.92. The molecule has 2 aromatic carbocycles. The Kier molecular flexibility index (Phi) is 7.80. The Morgan fingerprint density at radius 1 is 1.07 bits per heavy atom. The van der Waals surface area contributed by atoms with Gasteiger partial charge in [0.15, 0.2) is 5.11 Å². The minimum atomic E-state index is -3.49. The first-order valence-corrected chi connectivity index (χ1v) is 15.8. The molecule has 41 heavy (non-hydrogen) atoms. The van der Waals surface area contributed by atoms with Gasteiger partial charge in [-0.1, -0.05) is 31.2 Å². The Hall–Kier alpha value is -3.89. The summed E-state index contributed by atoms with van der Waals surface area (Å²) >= 11 is 5.94. The summed E-state index contributed by atoms with van der Waals surface area (Å²) in [6.45, 7) is 8.63. The van der Waals surface area contributed by atoms with Gasteiger partial charge in [-0.15, -0.1) is 0 Å². The molecule has 2 aromatic heterocycles. The van der Waals surface area contributed by atoms with Crippen molar-refractivity contribution in [2.24, 2.45) is 0 Å². The molecule has 3 heterocycles. The van der Waals surface area contributed by atoms with Crippen molar-refractivity contribution in [1.82, 2.24) is 14.9 Å². The molecule has 214 valence electrons. The van der Waals surface area contributed by atoms with Crippen LogP contribution in [0.2, 0.25) is 0 Å². The van der Waals surface area contributed by atoms with Gasteiger partial charge in [-0.2, -0.15) is 0 Å². The first kappa shape index (κ1) is 28.6. The number of thiocarbonyl (C=S) groups is 1. The van der Waals surface area contributed by atoms with Crippen LogP contribution in [-0.2, 0) is 16.4 Å². The minimum Gasteiger partial charge on any atom is -0.494 e. The third-order valence-electron chi connectivity index (χ3n) is 7.57. The molecular weight excluding hydrogens is 555 g/mol. The molecule has 0 aliphatic carbocycles. The molecule has 5 rings (SSSR count). The van der Waals surface area contributed by atoms with E-state index in [4.69, 9.17) is 17.0 Å². The third-order valence-corrected chi connectivity index (χ3v) is 8.48. The number of anilines is 2. The van der Waals surface area contributed by atoms with Gasteiger partial charge in [0.1, 0.15) is 5.75 Å². The number of sulfonamides is 1. The van der Waals surface area contributed by atoms with Gasteiger partial charge in [0, 0.05) is 29.3 Å². The van der Waals surface area contributed by atoms with E-state index in [1.807, 2.05) is 30.3 Å². The van der Waals surface area contributed by atoms with Crippen LogP contribution in [0.3, 0.4) is 0 Å². The van der Waals surface area contributed by atoms with E-state index in [-0.39, 0.29) is 12.1 Å². The second kappa shape index (κ2) is 11.2. The average Bonchev–Trinajstić information content (AvgIpc) is 3.43. The first-order valence-electron chi connectivity index (χ1n) is 13.5. The highest BCUT2D eigenvalue weighted by molar-refractivity contribution is 7.92. The molecule has 1 aliphatic rings. The Labute approximate surface area is 247 Å². The van der Waals surface area contributed by atoms with Crippen LogP contribution in [0.25, 0.3) is 5.69 Å². The summed E-state index contributed by atoms with van der Waals surface area (Å²) in [5.41, 5.74) is 9.10. The minimum absolute atomic E-state index is 0.222. The fraction of sp³-hybridized carbons (Fsp3) is 0.290. The van der Waals surface area contributed by atoms with Gasteiger partial charge in [0.05, 0.1) is 42.5 Å². The molecule has 1 saturated heterocycles. The number of nitrogens with one attached hydrogen (secondary N) is 2. The SMILES string of the molecule is CCc1cccc(C)c1-n1c(C)cc([C@H]2[C@@H](c3ccccn3)NC(=S)N2c2ccc(NS(C)(=O)=O)c(OC)c2)c1C. The van der Waals surface area contributed by atoms with Crippen LogP contribution in [0.1, 0.15) is 52.8 Å². The van der Waals surface area contributed by atoms with Crippen LogP contribution in [0, 0.1) is 20.8 Å². The summed E-state index contributed by atoms with van der Waals surface area (Å²) in [6.07, 6.45) is 3.83. The van der Waals surface area contributed by atoms with Crippen LogP contribution in [0.5, 0.6) is 5.75 Å². The van der Waals surface area contributed by atoms with E-state index in [9.17, 15) is 8.42 Å². The molecule has 0 amide bonds. The van der Waals surface area contributed by atoms with Gasteiger partial charge in [0.25, 0.3) is 0 Å². The number of rotatable bonds is 8. The van der Waals surface area contributed by atoms with Crippen LogP contribution in [0.15, 0.2) is 66.9 Å². The maximum atomic E-state index is 11.9. The molecular formula is C31H35N5O3S2. The van der Waals surface area contributed by atoms with E-state index in [1.54, 1.807) is 12.3 Å². The largest absolute Gasteiger partial charge is 0.494 e. The lowest BCUT2D eigenvalue weighted by Crippen LogP contribution is -2.29. The lowest BCUT2D eigenvalue weighted by atomic mass is 9.96. The van der Waals surface area contributed by atoms with E-state index in [1.165, 1.54) is 23.9 Å². The van der Waals surface area contributed by atoms with Gasteiger partial charge in [-0.25, -0.2) is 8.42 Å². The average molecular weight is 590 g/mol. The standard InChI is InChI=1S/C31H35N5O3S2/c1-7-22-12-10-11-19(2)29(22)35-20(3)17-24(21(35)4)30-28(26-13-8-9-16-32-26)33-31(40)36(30)23-14-15-25(27(18-23)39-5)34-41(6,37)38/h8-18,28,30,34H,7H2,1-6H3,(H,33,40)/t28-,30+/m1/s1. The van der Waals surface area contributed by atoms with Gasteiger partial charge < -0.3 is 19.5 Å². The van der Waals surface area contributed by atoms with Crippen LogP contribution in [0.4, 0.5) is 11.4 Å². The molecule has 0 unspecified atom stereocenters. The van der Waals surface area contributed by atoms with E-state index in [2.05, 4.69) is 76.5 Å². The van der Waals surface area contributed by atoms with E-state index < -0.39 is 10.0 Å². The quantitative estimate of drug-likeness (QED) is 0.247. The van der Waals surface area contributed by atoms with Crippen molar-refractivity contribution < 1.29 is 13.2 Å². The second-order valence-corrected chi connectivity index (χ2v) is 12.5. The van der Waals surface area contributed by atoms with E-state index in [0.717, 1.165) is 41.0 Å². The molecule has 2 N–H and O–H groups in total. The molecule has 10 heteroatoms. The molecule has 0 spiro atoms. The Morgan fingerprint density at radius 2 is 1.85 bits per heavy atom. The number of aryl methyl sites for hydroxylation is 3. The summed E-state index contributed by atoms with van der Waals surface area (Å²) in [5.74, 6) is 0.397. The number of pyridine rings is 1. The van der Waals surface area contributed by atoms with Crippen molar-refractivity contribution in [1.29, 1.82) is 0 Å². The first-order chi connectivity index (χ1) is 19.5. The number of hydrogen-bond donors (Lipinski definition) is 2. The lowest BCUT2D eigenvalue weighted by Gasteiger charge is -2.29. The number of nitrogens with zero attached hydrogens (tertiary/aromatic N) is 3. The van der Waals surface area contributed by atoms with Crippen molar-refractivity contribution in [3.63, 3.8) is 0 Å². The van der Waals surface area contributed by atoms with Crippen molar-refractivity contribution in [3.8, 4) is 11.4 Å². The van der Waals surface area contributed by atoms with E-state index >= 15 is 0 Å². The summed E-state index contributed by atoms with van der Waals surface area (Å²) < 4.78 is 34.3. The van der Waals surface area contributed by atoms with Gasteiger partial charge >= 0.3 is 0 Å². The Morgan fingerprint density at radius 3 is 2.51 bits per heavy atom. The number of aromatic nitrogens is 2. The summed E-state index contributed by atoms with van der Waals surface area (Å²) in [5, 5.41) is 4.07. The Bertz CT molecular complexity index is 1720. The zero-order valence-corrected chi connectivity index (χ0v) is 25.7. The van der Waals surface area contributed by atoms with Gasteiger partial charge in [0.2, 0.25) is 10.0 Å². The van der Waals surface area contributed by atoms with Crippen LogP contribution >= 0.6 is 12.2 Å². The number of methoxy groups -OCH3 is 1. The number of benzene rings is 2. The normalized spacial score (nSPS) is 17.0. The topological polar surface area (TPSA) is 88.5 Å². The fourth-order valence-electron chi connectivity index (χ4n) is 5.82. The molecule has 0 radical (unpaired) electrons. The number of ether oxygens (including phenoxy) is 1. The molecule has 1 fully saturated rings. The van der Waals surface area contributed by atoms with Crippen molar-refractivity contribution in [2.45, 2.75) is 46.2 Å². The highest BCUT2D eigenvalue weighted by Crippen LogP contribution is 2.45. The Balaban J connectivity index is 1.69. The molecule has 0 bridgehead atoms. The smallest absolute Gasteiger partial charge is 0.229 e. The molecule has 8 nitrogen and oxygen atoms in total. The van der Waals surface area contributed by atoms with Crippen molar-refractivity contribution in [2.75, 3.05) is 23.0 Å². The van der Waals surface area contributed by atoms with Crippen molar-refractivity contribution >= 4 is 38.7 Å². The molecule has 4 aromatic rings. The zero-order chi connectivity index (χ0) is 29.5. The number of para-hydroxylation sites is 1. The highest BCUT2D eigenvalue weighted by atomic mass is 32.2. The highest BCUT2D eigenvalue weighted by Gasteiger charge is 2.42. The summed E-state index contributed by atoms with van der Waals surface area (Å²) in [4.78, 5) is 6.76. The summed E-state index contributed by atoms with van der Waals surface area (Å²) in [6, 6.07) is 19.5. The lowest BCUT2D eigenvalue weighted by molar-refractivity contribution is 0.417. The monoisotopic (exact) mass is 589 g/mol. The third kappa shape index (κ3) is 5.41. The fourth-order valence-corrected chi connectivity index (χ4v) is 6.73. The predicted molar refractivity (Wildman–Crippen MR) is 169 cm³/mol. The van der Waals surface area contributed by atoms with Crippen LogP contribution < -0.4 is 19.7 Å². The second-order valence-electron chi connectivity index (χ2n) is 10.4. The molecule has 2 atom stereocenters.